The van der Waals surface area contributed by atoms with Crippen molar-refractivity contribution in [2.45, 2.75) is 43.6 Å². The summed E-state index contributed by atoms with van der Waals surface area (Å²) in [4.78, 5) is 25.9. The summed E-state index contributed by atoms with van der Waals surface area (Å²) in [5.74, 6) is -2.17. The minimum Gasteiger partial charge on any atom is -0.361 e. The first-order valence-electron chi connectivity index (χ1n) is 14.1. The average Bonchev–Trinajstić information content (AvgIpc) is 3.87. The van der Waals surface area contributed by atoms with Crippen LogP contribution in [0.4, 0.5) is 13.2 Å². The molecule has 0 unspecified atom stereocenters. The van der Waals surface area contributed by atoms with Crippen molar-refractivity contribution in [1.29, 1.82) is 0 Å². The average molecular weight is 1510 g/mol. The van der Waals surface area contributed by atoms with Gasteiger partial charge in [0, 0.05) is 334 Å². The van der Waals surface area contributed by atoms with E-state index < -0.39 is 29.8 Å². The molecule has 45 heteroatoms. The maximum atomic E-state index is 13.3. The molecule has 2 aliphatic rings. The number of alkyl halides is 3. The molecule has 1 fully saturated rings. The minimum absolute atomic E-state index is 0.00890. The number of ether oxygens (including phenoxy) is 1. The molecule has 0 radical (unpaired) electrons. The highest BCUT2D eigenvalue weighted by Crippen LogP contribution is 2.53. The summed E-state index contributed by atoms with van der Waals surface area (Å²) >= 11 is 16.9. The van der Waals surface area contributed by atoms with Crippen LogP contribution in [0.15, 0.2) is 12.3 Å². The first-order chi connectivity index (χ1) is 29.9. The van der Waals surface area contributed by atoms with Gasteiger partial charge in [0.2, 0.25) is 0 Å². The summed E-state index contributed by atoms with van der Waals surface area (Å²) in [6.07, 6.45) is -3.44. The lowest BCUT2D eigenvalue weighted by Crippen LogP contribution is -2.56. The smallest absolute Gasteiger partial charge is 0.361 e. The molecule has 0 aromatic carbocycles. The first kappa shape index (κ1) is 61.6. The van der Waals surface area contributed by atoms with Crippen LogP contribution in [0.3, 0.4) is 0 Å². The Labute approximate surface area is 460 Å². The molecule has 2 aliphatic heterocycles. The molecule has 0 bridgehead atoms. The predicted octanol–water partition coefficient (Wildman–Crippen LogP) is 3.17. The molecule has 3 atom stereocenters. The van der Waals surface area contributed by atoms with Crippen LogP contribution in [-0.2, 0) is 320 Å². The van der Waals surface area contributed by atoms with E-state index in [-0.39, 0.29) is 30.9 Å². The molecule has 62 heavy (non-hydrogen) atoms. The Bertz CT molecular complexity index is 3350. The van der Waals surface area contributed by atoms with Crippen LogP contribution in [0.2, 0.25) is 4.34 Å². The lowest BCUT2D eigenvalue weighted by molar-refractivity contribution is -0.200. The number of fused-ring (bicyclic) bond motifs is 2. The Hall–Kier alpha value is 5.28. The summed E-state index contributed by atoms with van der Waals surface area (Å²) < 4.78 is 47.6. The van der Waals surface area contributed by atoms with Gasteiger partial charge in [0.05, 0.1) is 16.6 Å². The van der Waals surface area contributed by atoms with E-state index in [9.17, 15) is 22.8 Å². The lowest BCUT2D eigenvalue weighted by atomic mass is 9.77. The van der Waals surface area contributed by atoms with Gasteiger partial charge in [0.15, 0.2) is 5.78 Å². The highest BCUT2D eigenvalue weighted by atomic mass is 35.5. The fourth-order valence-electron chi connectivity index (χ4n) is 4.52. The second-order valence-electron chi connectivity index (χ2n) is 9.41. The van der Waals surface area contributed by atoms with E-state index in [1.54, 1.807) is 120 Å². The van der Waals surface area contributed by atoms with Crippen molar-refractivity contribution in [1.82, 2.24) is 19.9 Å². The van der Waals surface area contributed by atoms with Crippen LogP contribution >= 0.6 is 22.9 Å². The molecular weight excluding hydrogens is 1490 g/mol. The number of carbonyl (C=O) groups excluding carboxylic acids is 2. The zero-order chi connectivity index (χ0) is 45.1. The number of rotatable bonds is 1. The van der Waals surface area contributed by atoms with Crippen LogP contribution in [0.1, 0.15) is 46.7 Å². The van der Waals surface area contributed by atoms with Gasteiger partial charge in [0.1, 0.15) is 17.9 Å². The number of ketones is 1. The SMILES string of the molecule is C[C@H]1C[C@@]2(C[C@@H](c3cn(C)nn3)N1C(=O)C(F)(F)F)OCC(=O)c1cc(Cl)sc12.S=S=S=S=S=S=S=S=S=S=S=S=S=S=S=S=S=S=S=S=S=S=S=S=S=S=S=S=S=S=S=S=S. The van der Waals surface area contributed by atoms with Gasteiger partial charge < -0.3 is 9.64 Å². The van der Waals surface area contributed by atoms with E-state index in [2.05, 4.69) is 10.3 Å². The van der Waals surface area contributed by atoms with Gasteiger partial charge in [-0.05, 0) is 13.0 Å². The number of hydrogen-bond donors (Lipinski definition) is 0. The number of hydrogen-bond acceptors (Lipinski definition) is 8. The van der Waals surface area contributed by atoms with Gasteiger partial charge in [0.25, 0.3) is 0 Å². The van der Waals surface area contributed by atoms with E-state index in [0.717, 1.165) is 4.90 Å². The van der Waals surface area contributed by atoms with E-state index in [4.69, 9.17) is 38.7 Å². The van der Waals surface area contributed by atoms with Crippen molar-refractivity contribution in [3.05, 3.63) is 32.7 Å². The van der Waals surface area contributed by atoms with Crippen molar-refractivity contribution in [3.63, 3.8) is 0 Å². The standard InChI is InChI=1S/C17H16ClF3N4O3S.S33/c1-8-4-16(14-9(3-13(18)29-14)12(26)7-28-16)5-11(10-6-24(2)23-22-10)25(8)15(27)17(19,20)21;1-3-5-7-9-11-13-15-17-19-21-23-25-27-29-31-33-32-30-28-26-24-22-20-18-16-14-12-10-8-6-4-2/h3,6,8,11H,4-5,7H2,1-2H3;/t8-,11-,16-;/m0./s1. The van der Waals surface area contributed by atoms with E-state index in [1.165, 1.54) is 46.9 Å². The predicted molar refractivity (Wildman–Crippen MR) is 340 cm³/mol. The molecule has 1 saturated heterocycles. The van der Waals surface area contributed by atoms with Gasteiger partial charge in [-0.1, -0.05) is 16.8 Å². The molecule has 1 amide bonds. The summed E-state index contributed by atoms with van der Waals surface area (Å²) in [6.45, 7) is 1.33. The first-order valence-corrected chi connectivity index (χ1v) is 57.9. The molecule has 2 aromatic heterocycles. The number of piperidine rings is 1. The van der Waals surface area contributed by atoms with Gasteiger partial charge in [-0.2, -0.15) is 13.2 Å². The highest BCUT2D eigenvalue weighted by Gasteiger charge is 2.56. The fourth-order valence-corrected chi connectivity index (χ4v) is 85.5. The summed E-state index contributed by atoms with van der Waals surface area (Å²) in [7, 11) is 56.2. The molecule has 354 valence electrons. The van der Waals surface area contributed by atoms with Crippen molar-refractivity contribution < 1.29 is 27.5 Å². The number of likely N-dealkylation sites (tertiary alicyclic amines) is 1. The fraction of sp³-hybridized carbons (Fsp3) is 0.529. The third-order valence-corrected chi connectivity index (χ3v) is 74.2. The van der Waals surface area contributed by atoms with Crippen molar-refractivity contribution in [2.75, 3.05) is 6.61 Å². The van der Waals surface area contributed by atoms with Gasteiger partial charge in [-0.15, -0.1) is 16.4 Å². The van der Waals surface area contributed by atoms with Gasteiger partial charge in [-0.25, -0.2) is 0 Å². The van der Waals surface area contributed by atoms with Crippen molar-refractivity contribution in [2.24, 2.45) is 7.05 Å². The number of Topliss-reactive ketones (excluding diaryl/α,β-unsaturated/α-hetero) is 1. The molecule has 0 saturated carbocycles. The number of halogens is 4. The molecule has 2 aromatic rings. The number of thiophene rings is 1. The second kappa shape index (κ2) is 37.1. The Morgan fingerprint density at radius 2 is 1.13 bits per heavy atom. The van der Waals surface area contributed by atoms with E-state index in [0.29, 0.717) is 14.8 Å². The Morgan fingerprint density at radius 3 is 1.47 bits per heavy atom. The minimum atomic E-state index is -5.03. The second-order valence-corrected chi connectivity index (χ2v) is 65.9. The van der Waals surface area contributed by atoms with Crippen LogP contribution in [-0.4, -0.2) is 50.4 Å². The van der Waals surface area contributed by atoms with Crippen LogP contribution < -0.4 is 0 Å². The summed E-state index contributed by atoms with van der Waals surface area (Å²) in [5, 5.41) is 7.75. The van der Waals surface area contributed by atoms with Crippen LogP contribution in [0.25, 0.3) is 0 Å². The molecule has 4 heterocycles. The quantitative estimate of drug-likeness (QED) is 0.435. The number of nitrogens with zero attached hydrogens (tertiary/aromatic N) is 4. The highest BCUT2D eigenvalue weighted by molar-refractivity contribution is 8.80. The molecule has 1 spiro atoms. The monoisotopic (exact) mass is 1500 g/mol. The van der Waals surface area contributed by atoms with Crippen molar-refractivity contribution in [3.8, 4) is 0 Å². The lowest BCUT2D eigenvalue weighted by Gasteiger charge is -2.50. The van der Waals surface area contributed by atoms with E-state index in [1.807, 2.05) is 151 Å². The number of aromatic nitrogens is 3. The van der Waals surface area contributed by atoms with Crippen LogP contribution in [0.5, 0.6) is 0 Å². The largest absolute Gasteiger partial charge is 0.471 e. The maximum Gasteiger partial charge on any atom is 0.471 e. The molecule has 0 N–H and O–H groups in total. The maximum absolute atomic E-state index is 13.3. The number of carbonyl (C=O) groups is 2. The summed E-state index contributed by atoms with van der Waals surface area (Å²) in [5.41, 5.74) is -0.391. The molecular formula is C17H16ClF3N4O3S34. The summed E-state index contributed by atoms with van der Waals surface area (Å²) in [6, 6.07) is -0.293. The molecule has 4 rings (SSSR count). The molecule has 0 aliphatic carbocycles. The topological polar surface area (TPSA) is 77.3 Å². The normalized spacial score (nSPS) is 16.9. The zero-order valence-corrected chi connectivity index (χ0v) is 57.4. The Kier molecular flexibility index (Phi) is 36.8. The van der Waals surface area contributed by atoms with E-state index >= 15 is 0 Å². The van der Waals surface area contributed by atoms with Crippen molar-refractivity contribution >= 4 is 332 Å². The Balaban J connectivity index is 0.000000332. The van der Waals surface area contributed by atoms with Gasteiger partial charge >= 0.3 is 12.1 Å². The molecule has 7 nitrogen and oxygen atoms in total. The third kappa shape index (κ3) is 24.8. The zero-order valence-electron chi connectivity index (χ0n) is 28.8. The number of amides is 1. The van der Waals surface area contributed by atoms with Crippen LogP contribution in [0, 0.1) is 0 Å². The number of aryl methyl sites for hydroxylation is 1. The Morgan fingerprint density at radius 1 is 0.742 bits per heavy atom. The van der Waals surface area contributed by atoms with Gasteiger partial charge in [-0.3, -0.25) is 14.3 Å². The third-order valence-electron chi connectivity index (χ3n) is 6.13.